The molecule has 0 unspecified atom stereocenters. The van der Waals surface area contributed by atoms with Crippen LogP contribution in [0.1, 0.15) is 19.4 Å². The van der Waals surface area contributed by atoms with E-state index in [0.29, 0.717) is 5.92 Å². The molecule has 251 valence electrons. The van der Waals surface area contributed by atoms with Crippen molar-refractivity contribution in [3.05, 3.63) is 151 Å². The van der Waals surface area contributed by atoms with Crippen LogP contribution in [0, 0.1) is 18.1 Å². The molecule has 0 spiro atoms. The monoisotopic (exact) mass is 861 g/mol. The van der Waals surface area contributed by atoms with Crippen LogP contribution in [0.5, 0.6) is 0 Å². The number of hydrogen-bond donors (Lipinski definition) is 0. The molecule has 1 radical (unpaired) electrons. The first-order valence-electron chi connectivity index (χ1n) is 17.0. The summed E-state index contributed by atoms with van der Waals surface area (Å²) in [7, 11) is -1.34. The molecule has 0 fully saturated rings. The molecular weight excluding hydrogens is 821 g/mol. The van der Waals surface area contributed by atoms with Gasteiger partial charge in [0.15, 0.2) is 0 Å². The second-order valence-electron chi connectivity index (χ2n) is 14.0. The van der Waals surface area contributed by atoms with Crippen molar-refractivity contribution >= 4 is 55.5 Å². The third-order valence-electron chi connectivity index (χ3n) is 8.84. The van der Waals surface area contributed by atoms with Gasteiger partial charge in [0, 0.05) is 37.2 Å². The van der Waals surface area contributed by atoms with Crippen molar-refractivity contribution in [2.45, 2.75) is 39.9 Å². The molecule has 5 aromatic carbocycles. The Morgan fingerprint density at radius 2 is 1.38 bits per heavy atom. The molecule has 0 amide bonds. The average Bonchev–Trinajstić information content (AvgIpc) is 3.51. The van der Waals surface area contributed by atoms with Crippen molar-refractivity contribution in [2.75, 3.05) is 0 Å². The Morgan fingerprint density at radius 1 is 0.660 bits per heavy atom. The fourth-order valence-electron chi connectivity index (χ4n) is 6.50. The molecule has 0 aliphatic heterocycles. The van der Waals surface area contributed by atoms with Crippen molar-refractivity contribution in [3.8, 4) is 33.6 Å². The van der Waals surface area contributed by atoms with E-state index in [1.807, 2.05) is 47.9 Å². The molecule has 0 aliphatic rings. The number of pyridine rings is 2. The Labute approximate surface area is 314 Å². The van der Waals surface area contributed by atoms with Gasteiger partial charge in [-0.05, 0) is 60.9 Å². The van der Waals surface area contributed by atoms with E-state index in [9.17, 15) is 0 Å². The number of fused-ring (bicyclic) bond motifs is 4. The summed E-state index contributed by atoms with van der Waals surface area (Å²) in [4.78, 5) is 9.44. The summed E-state index contributed by atoms with van der Waals surface area (Å²) in [6, 6.07) is 49.0. The first-order chi connectivity index (χ1) is 23.8. The van der Waals surface area contributed by atoms with Gasteiger partial charge in [0.2, 0.25) is 0 Å². The number of rotatable bonds is 6. The van der Waals surface area contributed by atoms with Crippen LogP contribution in [0.3, 0.4) is 0 Å². The van der Waals surface area contributed by atoms with Gasteiger partial charge in [-0.25, -0.2) is 0 Å². The molecule has 3 heterocycles. The van der Waals surface area contributed by atoms with Crippen LogP contribution in [0.4, 0.5) is 0 Å². The van der Waals surface area contributed by atoms with Crippen molar-refractivity contribution in [2.24, 2.45) is 5.92 Å². The molecule has 2 nitrogen and oxygen atoms in total. The fourth-order valence-corrected chi connectivity index (χ4v) is 9.43. The minimum atomic E-state index is -1.34. The standard InChI is InChI=1S/C27H16NS.C18H24NSi.Ir/c1-2-8-18(9-3-1)21-12-6-13-22-23-14-7-15-24(27(23)29-26(21)22)25-16-19-10-4-5-11-20(19)17-28-25;1-14(2)11-16-12-17(15-9-7-6-8-10-15)19-13-18(16)20(3,4)5;/h1-14,16-17H;6-9,12-14H,11H2,1-5H3;/q2*-1;. The second kappa shape index (κ2) is 15.3. The molecule has 0 saturated heterocycles. The van der Waals surface area contributed by atoms with E-state index in [0.717, 1.165) is 34.3 Å². The van der Waals surface area contributed by atoms with Gasteiger partial charge in [-0.1, -0.05) is 129 Å². The van der Waals surface area contributed by atoms with Crippen molar-refractivity contribution in [3.63, 3.8) is 0 Å². The van der Waals surface area contributed by atoms with E-state index in [-0.39, 0.29) is 20.1 Å². The zero-order valence-electron chi connectivity index (χ0n) is 29.1. The summed E-state index contributed by atoms with van der Waals surface area (Å²) in [6.45, 7) is 11.7. The summed E-state index contributed by atoms with van der Waals surface area (Å²) in [6.07, 6.45) is 5.20. The largest absolute Gasteiger partial charge is 0.305 e. The number of nitrogens with zero attached hydrogens (tertiary/aromatic N) is 2. The summed E-state index contributed by atoms with van der Waals surface area (Å²) >= 11 is 1.84. The molecule has 0 atom stereocenters. The van der Waals surface area contributed by atoms with Gasteiger partial charge < -0.3 is 9.97 Å². The predicted octanol–water partition coefficient (Wildman–Crippen LogP) is 12.0. The summed E-state index contributed by atoms with van der Waals surface area (Å²) < 4.78 is 2.56. The van der Waals surface area contributed by atoms with E-state index in [4.69, 9.17) is 4.98 Å². The zero-order valence-corrected chi connectivity index (χ0v) is 33.3. The maximum atomic E-state index is 4.75. The first kappa shape index (κ1) is 35.6. The average molecular weight is 861 g/mol. The number of benzene rings is 5. The number of thiophene rings is 1. The molecule has 0 aliphatic carbocycles. The number of hydrogen-bond acceptors (Lipinski definition) is 3. The van der Waals surface area contributed by atoms with Gasteiger partial charge in [0.05, 0.1) is 8.07 Å². The topological polar surface area (TPSA) is 25.8 Å². The maximum absolute atomic E-state index is 4.75. The van der Waals surface area contributed by atoms with Gasteiger partial charge in [-0.2, -0.15) is 11.3 Å². The number of aromatic nitrogens is 2. The molecule has 0 saturated carbocycles. The Kier molecular flexibility index (Phi) is 10.9. The van der Waals surface area contributed by atoms with Crippen LogP contribution in [-0.2, 0) is 26.5 Å². The van der Waals surface area contributed by atoms with Crippen molar-refractivity contribution in [1.29, 1.82) is 0 Å². The van der Waals surface area contributed by atoms with Gasteiger partial charge in [0.25, 0.3) is 0 Å². The SMILES string of the molecule is CC(C)Cc1cc(-c2[c-]cccc2)ncc1[Si](C)(C)C.[Ir].[c-]1ccc2c(sc3c(-c4ccccc4)cccc32)c1-c1cc2ccccc2cn1. The minimum Gasteiger partial charge on any atom is -0.305 e. The van der Waals surface area contributed by atoms with Crippen molar-refractivity contribution in [1.82, 2.24) is 9.97 Å². The van der Waals surface area contributed by atoms with E-state index in [1.165, 1.54) is 47.4 Å². The van der Waals surface area contributed by atoms with E-state index in [1.54, 1.807) is 0 Å². The molecule has 8 aromatic rings. The molecule has 50 heavy (non-hydrogen) atoms. The predicted molar refractivity (Wildman–Crippen MR) is 214 cm³/mol. The Bertz CT molecular complexity index is 2380. The van der Waals surface area contributed by atoms with Crippen LogP contribution in [-0.4, -0.2) is 18.0 Å². The molecule has 0 bridgehead atoms. The zero-order chi connectivity index (χ0) is 34.0. The minimum absolute atomic E-state index is 0. The summed E-state index contributed by atoms with van der Waals surface area (Å²) in [5.41, 5.74) is 8.18. The Hall–Kier alpha value is -4.25. The first-order valence-corrected chi connectivity index (χ1v) is 21.3. The second-order valence-corrected chi connectivity index (χ2v) is 20.1. The molecular formula is C45H40IrN2SSi-2. The van der Waals surface area contributed by atoms with Crippen LogP contribution in [0.2, 0.25) is 19.6 Å². The summed E-state index contributed by atoms with van der Waals surface area (Å²) in [5, 5.41) is 6.42. The van der Waals surface area contributed by atoms with Crippen LogP contribution >= 0.6 is 11.3 Å². The normalized spacial score (nSPS) is 11.4. The van der Waals surface area contributed by atoms with Gasteiger partial charge >= 0.3 is 0 Å². The maximum Gasteiger partial charge on any atom is 0.0798 e. The molecule has 0 N–H and O–H groups in total. The summed E-state index contributed by atoms with van der Waals surface area (Å²) in [5.74, 6) is 0.667. The third kappa shape index (κ3) is 7.57. The molecule has 3 aromatic heterocycles. The fraction of sp³-hybridized carbons (Fsp3) is 0.156. The van der Waals surface area contributed by atoms with E-state index in [2.05, 4.69) is 148 Å². The smallest absolute Gasteiger partial charge is 0.0798 e. The van der Waals surface area contributed by atoms with Crippen LogP contribution in [0.25, 0.3) is 64.6 Å². The Morgan fingerprint density at radius 3 is 2.12 bits per heavy atom. The van der Waals surface area contributed by atoms with Crippen LogP contribution in [0.15, 0.2) is 134 Å². The molecule has 5 heteroatoms. The van der Waals surface area contributed by atoms with E-state index < -0.39 is 8.07 Å². The third-order valence-corrected chi connectivity index (χ3v) is 12.2. The quantitative estimate of drug-likeness (QED) is 0.123. The molecule has 8 rings (SSSR count). The Balaban J connectivity index is 0.000000182. The van der Waals surface area contributed by atoms with Gasteiger partial charge in [-0.3, -0.25) is 0 Å². The van der Waals surface area contributed by atoms with E-state index >= 15 is 0 Å². The van der Waals surface area contributed by atoms with Gasteiger partial charge in [0.1, 0.15) is 0 Å². The van der Waals surface area contributed by atoms with Crippen LogP contribution < -0.4 is 5.19 Å². The van der Waals surface area contributed by atoms with Crippen molar-refractivity contribution < 1.29 is 20.1 Å². The van der Waals surface area contributed by atoms with Gasteiger partial charge in [-0.15, -0.1) is 59.7 Å².